The fourth-order valence-corrected chi connectivity index (χ4v) is 4.28. The van der Waals surface area contributed by atoms with Crippen LogP contribution >= 0.6 is 27.7 Å². The molecule has 0 aromatic heterocycles. The van der Waals surface area contributed by atoms with E-state index >= 15 is 0 Å². The first-order valence-corrected chi connectivity index (χ1v) is 11.2. The molecule has 0 saturated carbocycles. The molecule has 1 saturated heterocycles. The Morgan fingerprint density at radius 2 is 1.84 bits per heavy atom. The summed E-state index contributed by atoms with van der Waals surface area (Å²) in [5.41, 5.74) is 1.26. The van der Waals surface area contributed by atoms with Crippen LogP contribution in [0.4, 0.5) is 10.5 Å². The van der Waals surface area contributed by atoms with Gasteiger partial charge in [-0.15, -0.1) is 0 Å². The largest absolute Gasteiger partial charge is 0.490 e. The number of carbonyl (C=O) groups excluding carboxylic acids is 3. The zero-order chi connectivity index (χ0) is 22.4. The van der Waals surface area contributed by atoms with Gasteiger partial charge in [-0.25, -0.2) is 0 Å². The second kappa shape index (κ2) is 10.5. The van der Waals surface area contributed by atoms with Crippen LogP contribution in [0.25, 0.3) is 6.08 Å². The molecule has 3 amide bonds. The van der Waals surface area contributed by atoms with Gasteiger partial charge in [-0.2, -0.15) is 0 Å². The molecule has 31 heavy (non-hydrogen) atoms. The Labute approximate surface area is 192 Å². The normalized spacial score (nSPS) is 14.8. The van der Waals surface area contributed by atoms with Gasteiger partial charge in [0.25, 0.3) is 11.1 Å². The molecule has 0 atom stereocenters. The summed E-state index contributed by atoms with van der Waals surface area (Å²) in [6.07, 6.45) is 1.60. The minimum atomic E-state index is -0.513. The van der Waals surface area contributed by atoms with Gasteiger partial charge in [0.1, 0.15) is 6.54 Å². The number of ether oxygens (including phenoxy) is 2. The highest BCUT2D eigenvalue weighted by atomic mass is 79.9. The smallest absolute Gasteiger partial charge is 0.294 e. The van der Waals surface area contributed by atoms with Crippen LogP contribution in [0.5, 0.6) is 11.5 Å². The average Bonchev–Trinajstić information content (AvgIpc) is 2.99. The highest BCUT2D eigenvalue weighted by Gasteiger charge is 2.36. The van der Waals surface area contributed by atoms with Crippen molar-refractivity contribution in [2.75, 3.05) is 25.1 Å². The van der Waals surface area contributed by atoms with Crippen LogP contribution in [0, 0.1) is 0 Å². The first-order chi connectivity index (χ1) is 14.9. The van der Waals surface area contributed by atoms with Crippen molar-refractivity contribution in [3.63, 3.8) is 0 Å². The van der Waals surface area contributed by atoms with E-state index in [0.717, 1.165) is 16.7 Å². The van der Waals surface area contributed by atoms with Gasteiger partial charge in [0, 0.05) is 5.69 Å². The Morgan fingerprint density at radius 3 is 2.52 bits per heavy atom. The number of hydrogen-bond donors (Lipinski definition) is 1. The Kier molecular flexibility index (Phi) is 7.75. The summed E-state index contributed by atoms with van der Waals surface area (Å²) in [6, 6.07) is 12.4. The lowest BCUT2D eigenvalue weighted by atomic mass is 10.2. The lowest BCUT2D eigenvalue weighted by Crippen LogP contribution is -2.36. The number of thioether (sulfide) groups is 1. The summed E-state index contributed by atoms with van der Waals surface area (Å²) in [6.45, 7) is 4.31. The van der Waals surface area contributed by atoms with Crippen molar-refractivity contribution in [3.05, 3.63) is 57.4 Å². The second-order valence-corrected chi connectivity index (χ2v) is 8.23. The van der Waals surface area contributed by atoms with Crippen molar-refractivity contribution < 1.29 is 23.9 Å². The third kappa shape index (κ3) is 5.68. The summed E-state index contributed by atoms with van der Waals surface area (Å²) < 4.78 is 11.9. The number of carbonyl (C=O) groups is 3. The zero-order valence-corrected chi connectivity index (χ0v) is 19.4. The van der Waals surface area contributed by atoms with Crippen molar-refractivity contribution in [2.45, 2.75) is 13.8 Å². The third-order valence-electron chi connectivity index (χ3n) is 4.15. The number of rotatable bonds is 8. The van der Waals surface area contributed by atoms with Crippen LogP contribution in [0.1, 0.15) is 19.4 Å². The highest BCUT2D eigenvalue weighted by molar-refractivity contribution is 9.10. The number of halogens is 1. The summed E-state index contributed by atoms with van der Waals surface area (Å²) in [5, 5.41) is 2.18. The van der Waals surface area contributed by atoms with Crippen LogP contribution in [-0.4, -0.2) is 41.7 Å². The van der Waals surface area contributed by atoms with Gasteiger partial charge >= 0.3 is 0 Å². The highest BCUT2D eigenvalue weighted by Crippen LogP contribution is 2.39. The number of amides is 3. The third-order valence-corrected chi connectivity index (χ3v) is 5.65. The van der Waals surface area contributed by atoms with E-state index in [1.807, 2.05) is 19.9 Å². The van der Waals surface area contributed by atoms with Crippen molar-refractivity contribution in [3.8, 4) is 11.5 Å². The fourth-order valence-electron chi connectivity index (χ4n) is 2.87. The molecule has 162 valence electrons. The summed E-state index contributed by atoms with van der Waals surface area (Å²) in [4.78, 5) is 38.5. The zero-order valence-electron chi connectivity index (χ0n) is 17.0. The Hall–Kier alpha value is -2.78. The molecule has 0 radical (unpaired) electrons. The maximum absolute atomic E-state index is 12.7. The van der Waals surface area contributed by atoms with E-state index in [-0.39, 0.29) is 11.4 Å². The van der Waals surface area contributed by atoms with Gasteiger partial charge in [-0.1, -0.05) is 18.2 Å². The first-order valence-electron chi connectivity index (χ1n) is 9.62. The van der Waals surface area contributed by atoms with Gasteiger partial charge in [0.15, 0.2) is 11.5 Å². The molecule has 0 unspecified atom stereocenters. The molecule has 1 heterocycles. The van der Waals surface area contributed by atoms with Crippen LogP contribution in [0.15, 0.2) is 51.8 Å². The number of para-hydroxylation sites is 1. The molecule has 0 bridgehead atoms. The molecular formula is C22H21BrN2O5S. The van der Waals surface area contributed by atoms with Gasteiger partial charge < -0.3 is 14.8 Å². The number of nitrogens with zero attached hydrogens (tertiary/aromatic N) is 1. The number of benzene rings is 2. The molecule has 0 spiro atoms. The number of nitrogens with one attached hydrogen (secondary N) is 1. The van der Waals surface area contributed by atoms with Crippen LogP contribution in [0.2, 0.25) is 0 Å². The van der Waals surface area contributed by atoms with Crippen LogP contribution < -0.4 is 14.8 Å². The maximum Gasteiger partial charge on any atom is 0.294 e. The van der Waals surface area contributed by atoms with Gasteiger partial charge in [-0.3, -0.25) is 19.3 Å². The van der Waals surface area contributed by atoms with E-state index < -0.39 is 17.1 Å². The lowest BCUT2D eigenvalue weighted by Gasteiger charge is -2.14. The first kappa shape index (κ1) is 22.9. The summed E-state index contributed by atoms with van der Waals surface area (Å²) in [7, 11) is 0. The molecule has 1 fully saturated rings. The SMILES string of the molecule is CCOc1cc(/C=C2/SC(=O)N(CC(=O)Nc3ccccc3)C2=O)cc(Br)c1OCC. The van der Waals surface area contributed by atoms with E-state index in [4.69, 9.17) is 9.47 Å². The molecule has 2 aromatic rings. The predicted octanol–water partition coefficient (Wildman–Crippen LogP) is 4.92. The van der Waals surface area contributed by atoms with E-state index in [1.165, 1.54) is 0 Å². The van der Waals surface area contributed by atoms with Gasteiger partial charge in [-0.05, 0) is 77.4 Å². The molecule has 1 aliphatic rings. The van der Waals surface area contributed by atoms with E-state index in [9.17, 15) is 14.4 Å². The van der Waals surface area contributed by atoms with Crippen molar-refractivity contribution >= 4 is 56.5 Å². The lowest BCUT2D eigenvalue weighted by molar-refractivity contribution is -0.127. The van der Waals surface area contributed by atoms with Crippen molar-refractivity contribution in [2.24, 2.45) is 0 Å². The Bertz CT molecular complexity index is 1030. The molecule has 0 aliphatic carbocycles. The second-order valence-electron chi connectivity index (χ2n) is 6.38. The van der Waals surface area contributed by atoms with E-state index in [2.05, 4.69) is 21.2 Å². The van der Waals surface area contributed by atoms with E-state index in [0.29, 0.717) is 40.4 Å². The Balaban J connectivity index is 1.77. The molecular weight excluding hydrogens is 484 g/mol. The minimum absolute atomic E-state index is 0.232. The molecule has 7 nitrogen and oxygen atoms in total. The topological polar surface area (TPSA) is 84.9 Å². The van der Waals surface area contributed by atoms with Gasteiger partial charge in [0.05, 0.1) is 22.6 Å². The monoisotopic (exact) mass is 504 g/mol. The quantitative estimate of drug-likeness (QED) is 0.513. The minimum Gasteiger partial charge on any atom is -0.490 e. The molecule has 9 heteroatoms. The van der Waals surface area contributed by atoms with Crippen molar-refractivity contribution in [1.29, 1.82) is 0 Å². The van der Waals surface area contributed by atoms with Crippen molar-refractivity contribution in [1.82, 2.24) is 4.90 Å². The maximum atomic E-state index is 12.7. The van der Waals surface area contributed by atoms with E-state index in [1.54, 1.807) is 42.5 Å². The number of imide groups is 1. The summed E-state index contributed by atoms with van der Waals surface area (Å²) in [5.74, 6) is 0.150. The number of hydrogen-bond acceptors (Lipinski definition) is 6. The predicted molar refractivity (Wildman–Crippen MR) is 124 cm³/mol. The Morgan fingerprint density at radius 1 is 1.13 bits per heavy atom. The molecule has 3 rings (SSSR count). The van der Waals surface area contributed by atoms with Crippen LogP contribution in [0.3, 0.4) is 0 Å². The standard InChI is InChI=1S/C22H21BrN2O5S/c1-3-29-17-11-14(10-16(23)20(17)30-4-2)12-18-21(27)25(22(28)31-18)13-19(26)24-15-8-6-5-7-9-15/h5-12H,3-4,13H2,1-2H3,(H,24,26)/b18-12+. The molecule has 1 aliphatic heterocycles. The molecule has 2 aromatic carbocycles. The fraction of sp³-hybridized carbons (Fsp3) is 0.227. The van der Waals surface area contributed by atoms with Crippen LogP contribution in [-0.2, 0) is 9.59 Å². The number of anilines is 1. The average molecular weight is 505 g/mol. The van der Waals surface area contributed by atoms with Gasteiger partial charge in [0.2, 0.25) is 5.91 Å². The summed E-state index contributed by atoms with van der Waals surface area (Å²) >= 11 is 4.26. The molecule has 1 N–H and O–H groups in total.